The van der Waals surface area contributed by atoms with Crippen LogP contribution >= 0.6 is 45.3 Å². The molecular formula is C16H8S4. The Kier molecular flexibility index (Phi) is 2.38. The fourth-order valence-corrected chi connectivity index (χ4v) is 6.81. The predicted molar refractivity (Wildman–Crippen MR) is 93.3 cm³/mol. The summed E-state index contributed by atoms with van der Waals surface area (Å²) >= 11 is 7.43. The van der Waals surface area contributed by atoms with Gasteiger partial charge < -0.3 is 0 Å². The van der Waals surface area contributed by atoms with Crippen LogP contribution in [0, 0.1) is 0 Å². The first-order valence-electron chi connectivity index (χ1n) is 6.25. The van der Waals surface area contributed by atoms with Crippen LogP contribution in [0.3, 0.4) is 0 Å². The Balaban J connectivity index is 2.00. The predicted octanol–water partition coefficient (Wildman–Crippen LogP) is 6.91. The highest BCUT2D eigenvalue weighted by Gasteiger charge is 2.24. The number of fused-ring (bicyclic) bond motifs is 8. The molecule has 4 aromatic heterocycles. The molecule has 0 aromatic carbocycles. The monoisotopic (exact) mass is 328 g/mol. The summed E-state index contributed by atoms with van der Waals surface area (Å²) in [6.07, 6.45) is 0. The second-order valence-corrected chi connectivity index (χ2v) is 8.32. The lowest BCUT2D eigenvalue weighted by Gasteiger charge is -2.12. The minimum Gasteiger partial charge on any atom is -0.142 e. The summed E-state index contributed by atoms with van der Waals surface area (Å²) in [6, 6.07) is 9.09. The molecule has 0 nitrogen and oxygen atoms in total. The first kappa shape index (κ1) is 11.5. The fourth-order valence-electron chi connectivity index (χ4n) is 2.79. The molecule has 0 amide bonds. The van der Waals surface area contributed by atoms with Crippen molar-refractivity contribution in [2.24, 2.45) is 0 Å². The summed E-state index contributed by atoms with van der Waals surface area (Å²) < 4.78 is 0. The SMILES string of the molecule is c1cc2c(s1)-c1sccc1-c1ccsc1-c1sccc1-2. The van der Waals surface area contributed by atoms with Crippen molar-refractivity contribution in [1.29, 1.82) is 0 Å². The van der Waals surface area contributed by atoms with Gasteiger partial charge in [0.15, 0.2) is 0 Å². The van der Waals surface area contributed by atoms with Gasteiger partial charge >= 0.3 is 0 Å². The molecule has 0 N–H and O–H groups in total. The van der Waals surface area contributed by atoms with Gasteiger partial charge in [0.05, 0.1) is 19.5 Å². The molecule has 0 fully saturated rings. The summed E-state index contributed by atoms with van der Waals surface area (Å²) in [4.78, 5) is 5.69. The zero-order chi connectivity index (χ0) is 13.1. The van der Waals surface area contributed by atoms with E-state index in [4.69, 9.17) is 0 Å². The van der Waals surface area contributed by atoms with E-state index in [1.165, 1.54) is 41.8 Å². The van der Waals surface area contributed by atoms with Crippen LogP contribution < -0.4 is 0 Å². The third-order valence-electron chi connectivity index (χ3n) is 3.65. The molecule has 0 aliphatic heterocycles. The Morgan fingerprint density at radius 2 is 0.650 bits per heavy atom. The van der Waals surface area contributed by atoms with Crippen LogP contribution in [0.5, 0.6) is 0 Å². The molecule has 96 valence electrons. The zero-order valence-electron chi connectivity index (χ0n) is 10.3. The lowest BCUT2D eigenvalue weighted by Crippen LogP contribution is -1.85. The third-order valence-corrected chi connectivity index (χ3v) is 7.64. The molecule has 1 aliphatic rings. The molecule has 20 heavy (non-hydrogen) atoms. The van der Waals surface area contributed by atoms with Crippen molar-refractivity contribution in [2.75, 3.05) is 0 Å². The van der Waals surface area contributed by atoms with Crippen molar-refractivity contribution >= 4 is 45.3 Å². The molecule has 4 aromatic rings. The average molecular weight is 329 g/mol. The summed E-state index contributed by atoms with van der Waals surface area (Å²) in [5.74, 6) is 0. The van der Waals surface area contributed by atoms with E-state index in [9.17, 15) is 0 Å². The van der Waals surface area contributed by atoms with Gasteiger partial charge in [-0.15, -0.1) is 45.3 Å². The Hall–Kier alpha value is -1.20. The quantitative estimate of drug-likeness (QED) is 0.289. The number of thiophene rings is 4. The van der Waals surface area contributed by atoms with E-state index in [-0.39, 0.29) is 0 Å². The smallest absolute Gasteiger partial charge is 0.0527 e. The molecule has 5 rings (SSSR count). The van der Waals surface area contributed by atoms with Crippen LogP contribution in [0.2, 0.25) is 0 Å². The van der Waals surface area contributed by atoms with Gasteiger partial charge in [0.1, 0.15) is 0 Å². The first-order valence-corrected chi connectivity index (χ1v) is 9.77. The van der Waals surface area contributed by atoms with Crippen molar-refractivity contribution in [3.63, 3.8) is 0 Å². The second kappa shape index (κ2) is 4.15. The van der Waals surface area contributed by atoms with E-state index in [0.717, 1.165) is 0 Å². The maximum absolute atomic E-state index is 2.27. The molecule has 4 heteroatoms. The fraction of sp³-hybridized carbons (Fsp3) is 0. The van der Waals surface area contributed by atoms with Crippen LogP contribution in [0.1, 0.15) is 0 Å². The van der Waals surface area contributed by atoms with Crippen LogP contribution in [-0.4, -0.2) is 0 Å². The highest BCUT2D eigenvalue weighted by molar-refractivity contribution is 7.23. The Morgan fingerprint density at radius 1 is 0.400 bits per heavy atom. The van der Waals surface area contributed by atoms with Gasteiger partial charge in [-0.25, -0.2) is 0 Å². The number of rotatable bonds is 0. The van der Waals surface area contributed by atoms with Gasteiger partial charge in [0.2, 0.25) is 0 Å². The van der Waals surface area contributed by atoms with Gasteiger partial charge in [-0.05, 0) is 45.8 Å². The Morgan fingerprint density at radius 3 is 0.900 bits per heavy atom. The average Bonchev–Trinajstić information content (AvgIpc) is 3.21. The molecular weight excluding hydrogens is 320 g/mol. The van der Waals surface area contributed by atoms with Gasteiger partial charge in [0, 0.05) is 22.3 Å². The molecule has 0 atom stereocenters. The molecule has 0 bridgehead atoms. The van der Waals surface area contributed by atoms with Crippen molar-refractivity contribution in [3.8, 4) is 41.8 Å². The highest BCUT2D eigenvalue weighted by Crippen LogP contribution is 2.54. The van der Waals surface area contributed by atoms with E-state index in [2.05, 4.69) is 45.8 Å². The molecule has 4 heterocycles. The van der Waals surface area contributed by atoms with Gasteiger partial charge in [-0.3, -0.25) is 0 Å². The van der Waals surface area contributed by atoms with Crippen LogP contribution in [0.4, 0.5) is 0 Å². The topological polar surface area (TPSA) is 0 Å². The van der Waals surface area contributed by atoms with E-state index >= 15 is 0 Å². The Bertz CT molecular complexity index is 668. The lowest BCUT2D eigenvalue weighted by atomic mass is 9.97. The van der Waals surface area contributed by atoms with Crippen molar-refractivity contribution in [3.05, 3.63) is 45.8 Å². The minimum absolute atomic E-state index is 1.40. The summed E-state index contributed by atoms with van der Waals surface area (Å²) in [5, 5.41) is 8.87. The lowest BCUT2D eigenvalue weighted by molar-refractivity contribution is 1.75. The molecule has 1 aliphatic carbocycles. The van der Waals surface area contributed by atoms with E-state index in [1.807, 2.05) is 45.3 Å². The summed E-state index contributed by atoms with van der Waals surface area (Å²) in [7, 11) is 0. The standard InChI is InChI=1S/C16H8S4/c1-5-17-13-9(1)10-2-6-18-14(10)16-12(4-8-20-16)11-3-7-19-15(11)13/h1-8H. The molecule has 0 saturated heterocycles. The van der Waals surface area contributed by atoms with Crippen molar-refractivity contribution in [1.82, 2.24) is 0 Å². The molecule has 0 saturated carbocycles. The first-order chi connectivity index (χ1) is 9.93. The zero-order valence-corrected chi connectivity index (χ0v) is 13.5. The highest BCUT2D eigenvalue weighted by atomic mass is 32.1. The van der Waals surface area contributed by atoms with Gasteiger partial charge in [0.25, 0.3) is 0 Å². The summed E-state index contributed by atoms with van der Waals surface area (Å²) in [5.41, 5.74) is 5.59. The van der Waals surface area contributed by atoms with Gasteiger partial charge in [-0.1, -0.05) is 0 Å². The summed E-state index contributed by atoms with van der Waals surface area (Å²) in [6.45, 7) is 0. The van der Waals surface area contributed by atoms with E-state index < -0.39 is 0 Å². The maximum atomic E-state index is 2.27. The Labute approximate surface area is 132 Å². The van der Waals surface area contributed by atoms with Gasteiger partial charge in [-0.2, -0.15) is 0 Å². The van der Waals surface area contributed by atoms with Crippen LogP contribution in [0.25, 0.3) is 41.8 Å². The number of hydrogen-bond acceptors (Lipinski definition) is 4. The number of hydrogen-bond donors (Lipinski definition) is 0. The second-order valence-electron chi connectivity index (χ2n) is 4.65. The van der Waals surface area contributed by atoms with E-state index in [1.54, 1.807) is 0 Å². The van der Waals surface area contributed by atoms with Crippen molar-refractivity contribution < 1.29 is 0 Å². The molecule has 0 unspecified atom stereocenters. The van der Waals surface area contributed by atoms with E-state index in [0.29, 0.717) is 0 Å². The maximum Gasteiger partial charge on any atom is 0.0527 e. The molecule has 0 radical (unpaired) electrons. The molecule has 0 spiro atoms. The third kappa shape index (κ3) is 1.40. The van der Waals surface area contributed by atoms with Crippen molar-refractivity contribution in [2.45, 2.75) is 0 Å². The minimum atomic E-state index is 1.40. The largest absolute Gasteiger partial charge is 0.142 e. The normalized spacial score (nSPS) is 12.0. The van der Waals surface area contributed by atoms with Crippen LogP contribution in [-0.2, 0) is 0 Å². The van der Waals surface area contributed by atoms with Crippen LogP contribution in [0.15, 0.2) is 45.8 Å².